The van der Waals surface area contributed by atoms with Gasteiger partial charge in [0.15, 0.2) is 0 Å². The first-order chi connectivity index (χ1) is 16.7. The molecule has 8 nitrogen and oxygen atoms in total. The number of nitro groups is 1. The molecule has 4 rings (SSSR count). The molecule has 0 spiro atoms. The van der Waals surface area contributed by atoms with Gasteiger partial charge in [-0.15, -0.1) is 0 Å². The van der Waals surface area contributed by atoms with Crippen LogP contribution in [0.3, 0.4) is 0 Å². The summed E-state index contributed by atoms with van der Waals surface area (Å²) in [6.45, 7) is 3.77. The Balaban J connectivity index is 1.86. The minimum atomic E-state index is -0.691. The van der Waals surface area contributed by atoms with E-state index in [-0.39, 0.29) is 40.1 Å². The summed E-state index contributed by atoms with van der Waals surface area (Å²) >= 11 is 6.00. The van der Waals surface area contributed by atoms with Crippen LogP contribution in [0.4, 0.5) is 10.1 Å². The lowest BCUT2D eigenvalue weighted by Gasteiger charge is -2.29. The Kier molecular flexibility index (Phi) is 6.61. The van der Waals surface area contributed by atoms with Gasteiger partial charge >= 0.3 is 0 Å². The normalized spacial score (nSPS) is 11.9. The van der Waals surface area contributed by atoms with E-state index in [2.05, 4.69) is 4.98 Å². The van der Waals surface area contributed by atoms with E-state index in [1.807, 2.05) is 0 Å². The fraction of sp³-hybridized carbons (Fsp3) is 0.160. The summed E-state index contributed by atoms with van der Waals surface area (Å²) in [5.41, 5.74) is 0.488. The largest absolute Gasteiger partial charge is 0.329 e. The number of nitrogens with zero attached hydrogens (tertiary/aromatic N) is 4. The molecular weight excluding hydrogens is 475 g/mol. The number of hydrogen-bond donors (Lipinski definition) is 0. The number of fused-ring (bicyclic) bond motifs is 1. The van der Waals surface area contributed by atoms with E-state index in [4.69, 9.17) is 11.6 Å². The molecule has 0 bridgehead atoms. The first kappa shape index (κ1) is 24.0. The van der Waals surface area contributed by atoms with Crippen molar-refractivity contribution in [3.8, 4) is 5.69 Å². The average molecular weight is 495 g/mol. The van der Waals surface area contributed by atoms with Crippen LogP contribution in [0.5, 0.6) is 0 Å². The van der Waals surface area contributed by atoms with Gasteiger partial charge in [0.1, 0.15) is 11.6 Å². The third-order valence-corrected chi connectivity index (χ3v) is 6.02. The Labute approximate surface area is 204 Å². The molecule has 1 atom stereocenters. The minimum Gasteiger partial charge on any atom is -0.329 e. The molecule has 0 saturated carbocycles. The van der Waals surface area contributed by atoms with Gasteiger partial charge in [0.2, 0.25) is 0 Å². The van der Waals surface area contributed by atoms with Crippen molar-refractivity contribution < 1.29 is 14.1 Å². The van der Waals surface area contributed by atoms with Crippen LogP contribution >= 0.6 is 11.6 Å². The zero-order chi connectivity index (χ0) is 25.3. The maximum absolute atomic E-state index is 13.9. The Morgan fingerprint density at radius 3 is 2.49 bits per heavy atom. The Morgan fingerprint density at radius 1 is 1.17 bits per heavy atom. The zero-order valence-corrected chi connectivity index (χ0v) is 19.6. The molecule has 178 valence electrons. The van der Waals surface area contributed by atoms with Gasteiger partial charge in [-0.05, 0) is 56.3 Å². The van der Waals surface area contributed by atoms with Gasteiger partial charge in [0.05, 0.1) is 32.6 Å². The minimum absolute atomic E-state index is 0.129. The molecule has 1 aromatic heterocycles. The standard InChI is InChI=1S/C25H20ClFN4O4/c1-3-29(24(32)16-8-10-17(11-9-16)31(34)35)15(2)23-28-22-7-5-4-6-19(22)25(33)30(23)18-12-13-21(27)20(26)14-18/h4-15H,3H2,1-2H3. The molecule has 0 N–H and O–H groups in total. The highest BCUT2D eigenvalue weighted by molar-refractivity contribution is 6.30. The second-order valence-corrected chi connectivity index (χ2v) is 8.20. The second-order valence-electron chi connectivity index (χ2n) is 7.80. The summed E-state index contributed by atoms with van der Waals surface area (Å²) < 4.78 is 15.2. The van der Waals surface area contributed by atoms with Crippen LogP contribution in [0.25, 0.3) is 16.6 Å². The first-order valence-electron chi connectivity index (χ1n) is 10.8. The molecule has 0 aliphatic rings. The molecule has 0 saturated heterocycles. The number of halogens is 2. The molecule has 35 heavy (non-hydrogen) atoms. The van der Waals surface area contributed by atoms with Gasteiger partial charge in [-0.3, -0.25) is 24.3 Å². The molecule has 0 aliphatic heterocycles. The quantitative estimate of drug-likeness (QED) is 0.267. The molecule has 4 aromatic rings. The van der Waals surface area contributed by atoms with Crippen molar-refractivity contribution in [2.45, 2.75) is 19.9 Å². The molecule has 1 amide bonds. The second kappa shape index (κ2) is 9.63. The van der Waals surface area contributed by atoms with Gasteiger partial charge in [0.25, 0.3) is 17.2 Å². The van der Waals surface area contributed by atoms with Crippen molar-refractivity contribution >= 4 is 34.1 Å². The number of carbonyl (C=O) groups is 1. The first-order valence-corrected chi connectivity index (χ1v) is 11.1. The summed E-state index contributed by atoms with van der Waals surface area (Å²) in [7, 11) is 0. The molecule has 1 heterocycles. The van der Waals surface area contributed by atoms with Gasteiger partial charge < -0.3 is 4.90 Å². The third kappa shape index (κ3) is 4.50. The number of rotatable bonds is 6. The lowest BCUT2D eigenvalue weighted by Crippen LogP contribution is -2.37. The molecule has 10 heteroatoms. The number of carbonyl (C=O) groups excluding carboxylic acids is 1. The van der Waals surface area contributed by atoms with Crippen molar-refractivity contribution in [3.63, 3.8) is 0 Å². The lowest BCUT2D eigenvalue weighted by atomic mass is 10.1. The molecule has 1 unspecified atom stereocenters. The fourth-order valence-electron chi connectivity index (χ4n) is 3.93. The molecule has 0 radical (unpaired) electrons. The van der Waals surface area contributed by atoms with Crippen LogP contribution in [-0.4, -0.2) is 31.8 Å². The molecule has 0 aliphatic carbocycles. The smallest absolute Gasteiger partial charge is 0.269 e. The maximum atomic E-state index is 13.9. The van der Waals surface area contributed by atoms with Gasteiger partial charge in [-0.1, -0.05) is 23.7 Å². The number of nitro benzene ring substituents is 1. The number of non-ortho nitro benzene ring substituents is 1. The monoisotopic (exact) mass is 494 g/mol. The van der Waals surface area contributed by atoms with Crippen molar-refractivity contribution in [3.05, 3.63) is 109 Å². The summed E-state index contributed by atoms with van der Waals surface area (Å²) in [4.78, 5) is 43.5. The van der Waals surface area contributed by atoms with E-state index >= 15 is 0 Å². The number of hydrogen-bond acceptors (Lipinski definition) is 5. The Bertz CT molecular complexity index is 1500. The highest BCUT2D eigenvalue weighted by atomic mass is 35.5. The van der Waals surface area contributed by atoms with E-state index in [0.29, 0.717) is 16.6 Å². The van der Waals surface area contributed by atoms with Crippen LogP contribution < -0.4 is 5.56 Å². The fourth-order valence-corrected chi connectivity index (χ4v) is 4.10. The highest BCUT2D eigenvalue weighted by Crippen LogP contribution is 2.26. The van der Waals surface area contributed by atoms with Gasteiger partial charge in [0, 0.05) is 24.2 Å². The number of aromatic nitrogens is 2. The molecule has 0 fully saturated rings. The summed E-state index contributed by atoms with van der Waals surface area (Å²) in [6, 6.07) is 15.3. The van der Waals surface area contributed by atoms with Crippen molar-refractivity contribution in [1.29, 1.82) is 0 Å². The zero-order valence-electron chi connectivity index (χ0n) is 18.8. The van der Waals surface area contributed by atoms with E-state index in [0.717, 1.165) is 6.07 Å². The van der Waals surface area contributed by atoms with Crippen LogP contribution in [0.2, 0.25) is 5.02 Å². The van der Waals surface area contributed by atoms with Crippen molar-refractivity contribution in [2.24, 2.45) is 0 Å². The van der Waals surface area contributed by atoms with E-state index < -0.39 is 16.8 Å². The van der Waals surface area contributed by atoms with E-state index in [1.165, 1.54) is 45.9 Å². The number of amides is 1. The maximum Gasteiger partial charge on any atom is 0.269 e. The topological polar surface area (TPSA) is 98.3 Å². The predicted molar refractivity (Wildman–Crippen MR) is 131 cm³/mol. The number of benzene rings is 3. The van der Waals surface area contributed by atoms with Crippen molar-refractivity contribution in [2.75, 3.05) is 6.54 Å². The summed E-state index contributed by atoms with van der Waals surface area (Å²) in [5, 5.41) is 11.2. The van der Waals surface area contributed by atoms with Gasteiger partial charge in [-0.2, -0.15) is 0 Å². The van der Waals surface area contributed by atoms with Crippen LogP contribution in [0, 0.1) is 15.9 Å². The predicted octanol–water partition coefficient (Wildman–Crippen LogP) is 5.31. The van der Waals surface area contributed by atoms with Gasteiger partial charge in [-0.25, -0.2) is 9.37 Å². The van der Waals surface area contributed by atoms with E-state index in [1.54, 1.807) is 38.1 Å². The summed E-state index contributed by atoms with van der Waals surface area (Å²) in [6.07, 6.45) is 0. The lowest BCUT2D eigenvalue weighted by molar-refractivity contribution is -0.384. The Hall–Kier alpha value is -4.11. The molecular formula is C25H20ClFN4O4. The van der Waals surface area contributed by atoms with Crippen LogP contribution in [0.1, 0.15) is 36.1 Å². The van der Waals surface area contributed by atoms with Crippen molar-refractivity contribution in [1.82, 2.24) is 14.5 Å². The molecule has 3 aromatic carbocycles. The number of para-hydroxylation sites is 1. The average Bonchev–Trinajstić information content (AvgIpc) is 2.86. The third-order valence-electron chi connectivity index (χ3n) is 5.73. The SMILES string of the molecule is CCN(C(=O)c1ccc([N+](=O)[O-])cc1)C(C)c1nc2ccccc2c(=O)n1-c1ccc(F)c(Cl)c1. The highest BCUT2D eigenvalue weighted by Gasteiger charge is 2.27. The van der Waals surface area contributed by atoms with Crippen LogP contribution in [0.15, 0.2) is 71.5 Å². The summed E-state index contributed by atoms with van der Waals surface area (Å²) in [5.74, 6) is -0.759. The van der Waals surface area contributed by atoms with E-state index in [9.17, 15) is 24.1 Å². The van der Waals surface area contributed by atoms with Crippen LogP contribution in [-0.2, 0) is 0 Å². The Morgan fingerprint density at radius 2 is 1.86 bits per heavy atom.